The fourth-order valence-electron chi connectivity index (χ4n) is 2.42. The van der Waals surface area contributed by atoms with Gasteiger partial charge in [-0.05, 0) is 48.9 Å². The number of anilines is 1. The van der Waals surface area contributed by atoms with Crippen LogP contribution in [0, 0.1) is 0 Å². The molecule has 2 aromatic rings. The van der Waals surface area contributed by atoms with E-state index in [2.05, 4.69) is 28.5 Å². The molecule has 1 unspecified atom stereocenters. The Hall–Kier alpha value is -1.03. The fraction of sp³-hybridized carbons (Fsp3) is 0.375. The molecule has 0 saturated heterocycles. The van der Waals surface area contributed by atoms with Gasteiger partial charge in [-0.25, -0.2) is 0 Å². The van der Waals surface area contributed by atoms with Crippen molar-refractivity contribution in [3.05, 3.63) is 51.2 Å². The van der Waals surface area contributed by atoms with Crippen LogP contribution in [0.5, 0.6) is 0 Å². The van der Waals surface area contributed by atoms with Gasteiger partial charge in [0.05, 0.1) is 12.6 Å². The predicted octanol–water partition coefficient (Wildman–Crippen LogP) is 4.62. The molecule has 0 radical (unpaired) electrons. The lowest BCUT2D eigenvalue weighted by Gasteiger charge is -2.25. The number of halogens is 1. The van der Waals surface area contributed by atoms with Crippen molar-refractivity contribution < 1.29 is 5.11 Å². The van der Waals surface area contributed by atoms with Crippen LogP contribution in [-0.4, -0.2) is 11.1 Å². The maximum atomic E-state index is 9.67. The normalized spacial score (nSPS) is 16.1. The van der Waals surface area contributed by atoms with Gasteiger partial charge in [0.1, 0.15) is 0 Å². The maximum Gasteiger partial charge on any atom is 0.0776 e. The van der Waals surface area contributed by atoms with E-state index in [0.29, 0.717) is 11.1 Å². The Morgan fingerprint density at radius 1 is 1.40 bits per heavy atom. The highest BCUT2D eigenvalue weighted by Gasteiger charge is 2.29. The van der Waals surface area contributed by atoms with E-state index in [0.717, 1.165) is 17.8 Å². The highest BCUT2D eigenvalue weighted by atomic mass is 35.5. The molecule has 0 amide bonds. The van der Waals surface area contributed by atoms with Gasteiger partial charge in [-0.1, -0.05) is 23.7 Å². The van der Waals surface area contributed by atoms with Gasteiger partial charge in [-0.3, -0.25) is 0 Å². The smallest absolute Gasteiger partial charge is 0.0776 e. The molecule has 106 valence electrons. The van der Waals surface area contributed by atoms with E-state index in [4.69, 9.17) is 11.6 Å². The summed E-state index contributed by atoms with van der Waals surface area (Å²) in [4.78, 5) is 3.79. The number of hydrogen-bond acceptors (Lipinski definition) is 3. The number of aliphatic hydroxyl groups is 1. The molecule has 0 spiro atoms. The van der Waals surface area contributed by atoms with Gasteiger partial charge >= 0.3 is 0 Å². The quantitative estimate of drug-likeness (QED) is 0.871. The van der Waals surface area contributed by atoms with E-state index in [1.807, 2.05) is 12.1 Å². The van der Waals surface area contributed by atoms with Crippen LogP contribution in [0.2, 0.25) is 5.02 Å². The van der Waals surface area contributed by atoms with Crippen molar-refractivity contribution in [3.8, 4) is 0 Å². The Labute approximate surface area is 128 Å². The molecule has 0 aliphatic heterocycles. The molecular weight excluding hydrogens is 290 g/mol. The zero-order valence-electron chi connectivity index (χ0n) is 11.4. The summed E-state index contributed by atoms with van der Waals surface area (Å²) in [5, 5.41) is 12.4. The lowest BCUT2D eigenvalue weighted by molar-refractivity contribution is 0.199. The first-order valence-corrected chi connectivity index (χ1v) is 8.17. The van der Waals surface area contributed by atoms with Crippen molar-refractivity contribution in [2.75, 3.05) is 4.90 Å². The maximum absolute atomic E-state index is 9.67. The van der Waals surface area contributed by atoms with Crippen LogP contribution in [0.25, 0.3) is 0 Å². The molecule has 1 heterocycles. The van der Waals surface area contributed by atoms with Crippen LogP contribution in [0.4, 0.5) is 5.69 Å². The second-order valence-corrected chi connectivity index (χ2v) is 6.76. The summed E-state index contributed by atoms with van der Waals surface area (Å²) in [5.74, 6) is 0. The van der Waals surface area contributed by atoms with E-state index in [9.17, 15) is 5.11 Å². The van der Waals surface area contributed by atoms with Gasteiger partial charge in [-0.15, -0.1) is 11.3 Å². The zero-order chi connectivity index (χ0) is 14.1. The standard InChI is InChI=1S/C16H18ClNOS/c1-11(19)15-7-6-13(9-16(15)17)18(12-4-5-12)10-14-3-2-8-20-14/h2-3,6-9,11-12,19H,4-5,10H2,1H3. The molecule has 2 nitrogen and oxygen atoms in total. The van der Waals surface area contributed by atoms with Crippen molar-refractivity contribution in [3.63, 3.8) is 0 Å². The van der Waals surface area contributed by atoms with E-state index in [1.54, 1.807) is 18.3 Å². The van der Waals surface area contributed by atoms with E-state index < -0.39 is 6.10 Å². The minimum absolute atomic E-state index is 0.525. The van der Waals surface area contributed by atoms with Gasteiger partial charge in [0.15, 0.2) is 0 Å². The molecule has 1 aliphatic carbocycles. The molecule has 20 heavy (non-hydrogen) atoms. The van der Waals surface area contributed by atoms with Gasteiger partial charge in [0.2, 0.25) is 0 Å². The summed E-state index contributed by atoms with van der Waals surface area (Å²) in [6.07, 6.45) is 1.98. The summed E-state index contributed by atoms with van der Waals surface area (Å²) in [5.41, 5.74) is 1.94. The van der Waals surface area contributed by atoms with Crippen LogP contribution in [0.15, 0.2) is 35.7 Å². The molecule has 3 rings (SSSR count). The first-order valence-electron chi connectivity index (χ1n) is 6.91. The third-order valence-corrected chi connectivity index (χ3v) is 4.85. The van der Waals surface area contributed by atoms with Gasteiger partial charge in [0.25, 0.3) is 0 Å². The number of thiophene rings is 1. The fourth-order valence-corrected chi connectivity index (χ4v) is 3.46. The van der Waals surface area contributed by atoms with Crippen LogP contribution in [0.1, 0.15) is 36.3 Å². The molecule has 4 heteroatoms. The number of hydrogen-bond donors (Lipinski definition) is 1. The molecule has 1 fully saturated rings. The van der Waals surface area contributed by atoms with Crippen molar-refractivity contribution in [1.82, 2.24) is 0 Å². The van der Waals surface area contributed by atoms with Crippen LogP contribution in [0.3, 0.4) is 0 Å². The van der Waals surface area contributed by atoms with Crippen molar-refractivity contribution in [2.45, 2.75) is 38.5 Å². The number of aliphatic hydroxyl groups excluding tert-OH is 1. The highest BCUT2D eigenvalue weighted by Crippen LogP contribution is 2.36. The molecule has 1 atom stereocenters. The molecule has 0 bridgehead atoms. The van der Waals surface area contributed by atoms with Gasteiger partial charge in [-0.2, -0.15) is 0 Å². The topological polar surface area (TPSA) is 23.5 Å². The second kappa shape index (κ2) is 5.76. The lowest BCUT2D eigenvalue weighted by Crippen LogP contribution is -2.24. The molecule has 1 N–H and O–H groups in total. The second-order valence-electron chi connectivity index (χ2n) is 5.32. The van der Waals surface area contributed by atoms with Crippen LogP contribution in [-0.2, 0) is 6.54 Å². The molecule has 1 saturated carbocycles. The molecular formula is C16H18ClNOS. The minimum Gasteiger partial charge on any atom is -0.389 e. The number of benzene rings is 1. The Morgan fingerprint density at radius 3 is 2.75 bits per heavy atom. The SMILES string of the molecule is CC(O)c1ccc(N(Cc2cccs2)C2CC2)cc1Cl. The van der Waals surface area contributed by atoms with Crippen molar-refractivity contribution in [1.29, 1.82) is 0 Å². The van der Waals surface area contributed by atoms with E-state index >= 15 is 0 Å². The monoisotopic (exact) mass is 307 g/mol. The zero-order valence-corrected chi connectivity index (χ0v) is 13.0. The third-order valence-electron chi connectivity index (χ3n) is 3.66. The summed E-state index contributed by atoms with van der Waals surface area (Å²) >= 11 is 8.08. The first-order chi connectivity index (χ1) is 9.65. The predicted molar refractivity (Wildman–Crippen MR) is 85.6 cm³/mol. The van der Waals surface area contributed by atoms with Crippen molar-refractivity contribution >= 4 is 28.6 Å². The van der Waals surface area contributed by atoms with Crippen molar-refractivity contribution in [2.24, 2.45) is 0 Å². The number of nitrogens with zero attached hydrogens (tertiary/aromatic N) is 1. The first kappa shape index (κ1) is 13.9. The van der Waals surface area contributed by atoms with E-state index in [1.165, 1.54) is 17.7 Å². The Morgan fingerprint density at radius 2 is 2.20 bits per heavy atom. The van der Waals surface area contributed by atoms with Gasteiger partial charge in [0, 0.05) is 21.6 Å². The molecule has 1 aromatic heterocycles. The largest absolute Gasteiger partial charge is 0.389 e. The Balaban J connectivity index is 1.86. The van der Waals surface area contributed by atoms with Crippen LogP contribution < -0.4 is 4.90 Å². The lowest BCUT2D eigenvalue weighted by atomic mass is 10.1. The Kier molecular flexibility index (Phi) is 4.01. The number of rotatable bonds is 5. The Bertz CT molecular complexity index is 578. The van der Waals surface area contributed by atoms with E-state index in [-0.39, 0.29) is 0 Å². The average molecular weight is 308 g/mol. The van der Waals surface area contributed by atoms with Gasteiger partial charge < -0.3 is 10.0 Å². The molecule has 1 aliphatic rings. The summed E-state index contributed by atoms with van der Waals surface area (Å²) in [6.45, 7) is 2.68. The highest BCUT2D eigenvalue weighted by molar-refractivity contribution is 7.09. The van der Waals surface area contributed by atoms with Crippen LogP contribution >= 0.6 is 22.9 Å². The summed E-state index contributed by atoms with van der Waals surface area (Å²) < 4.78 is 0. The minimum atomic E-state index is -0.525. The average Bonchev–Trinajstić information content (AvgIpc) is 3.12. The third kappa shape index (κ3) is 3.00. The summed E-state index contributed by atoms with van der Waals surface area (Å²) in [7, 11) is 0. The molecule has 1 aromatic carbocycles. The summed E-state index contributed by atoms with van der Waals surface area (Å²) in [6, 6.07) is 10.9.